The molecule has 24 heavy (non-hydrogen) atoms. The van der Waals surface area contributed by atoms with Crippen molar-refractivity contribution in [3.05, 3.63) is 57.8 Å². The minimum Gasteiger partial charge on any atom is -0.400 e. The number of nitro groups is 1. The number of hydrogen-bond donors (Lipinski definition) is 2. The molecule has 126 valence electrons. The zero-order valence-corrected chi connectivity index (χ0v) is 12.5. The van der Waals surface area contributed by atoms with E-state index in [0.717, 1.165) is 24.4 Å². The number of halogens is 3. The van der Waals surface area contributed by atoms with Crippen LogP contribution >= 0.6 is 12.2 Å². The van der Waals surface area contributed by atoms with Gasteiger partial charge in [0.1, 0.15) is 4.92 Å². The Balaban J connectivity index is 1.93. The summed E-state index contributed by atoms with van der Waals surface area (Å²) in [6, 6.07) is 6.95. The van der Waals surface area contributed by atoms with Crippen molar-refractivity contribution in [2.24, 2.45) is 5.10 Å². The highest BCUT2D eigenvalue weighted by atomic mass is 32.1. The van der Waals surface area contributed by atoms with Gasteiger partial charge in [0.2, 0.25) is 0 Å². The molecule has 0 radical (unpaired) electrons. The zero-order valence-electron chi connectivity index (χ0n) is 11.7. The lowest BCUT2D eigenvalue weighted by Gasteiger charge is -2.10. The summed E-state index contributed by atoms with van der Waals surface area (Å²) in [4.78, 5) is 9.73. The third-order valence-corrected chi connectivity index (χ3v) is 2.79. The molecule has 11 heteroatoms. The quantitative estimate of drug-likeness (QED) is 0.376. The van der Waals surface area contributed by atoms with E-state index in [1.165, 1.54) is 18.2 Å². The van der Waals surface area contributed by atoms with Gasteiger partial charge in [-0.05, 0) is 36.5 Å². The molecular formula is C13H9F3N4O3S. The lowest BCUT2D eigenvalue weighted by molar-refractivity contribution is -0.402. The van der Waals surface area contributed by atoms with Crippen molar-refractivity contribution in [1.82, 2.24) is 5.43 Å². The van der Waals surface area contributed by atoms with Gasteiger partial charge in [-0.3, -0.25) is 15.5 Å². The number of rotatable bonds is 4. The molecular weight excluding hydrogens is 349 g/mol. The van der Waals surface area contributed by atoms with Crippen LogP contribution in [0.4, 0.5) is 24.7 Å². The number of hydrogen-bond acceptors (Lipinski definition) is 5. The summed E-state index contributed by atoms with van der Waals surface area (Å²) in [5.74, 6) is -0.336. The second kappa shape index (κ2) is 7.08. The van der Waals surface area contributed by atoms with Crippen LogP contribution in [0.25, 0.3) is 0 Å². The first-order valence-corrected chi connectivity index (χ1v) is 6.68. The van der Waals surface area contributed by atoms with Gasteiger partial charge in [0.15, 0.2) is 10.9 Å². The highest BCUT2D eigenvalue weighted by Crippen LogP contribution is 2.30. The van der Waals surface area contributed by atoms with Gasteiger partial charge < -0.3 is 9.73 Å². The molecule has 0 aliphatic rings. The first kappa shape index (κ1) is 17.4. The van der Waals surface area contributed by atoms with E-state index in [1.807, 2.05) is 0 Å². The summed E-state index contributed by atoms with van der Waals surface area (Å²) < 4.78 is 42.6. The molecule has 0 saturated heterocycles. The average Bonchev–Trinajstić information content (AvgIpc) is 2.96. The van der Waals surface area contributed by atoms with Crippen molar-refractivity contribution in [2.45, 2.75) is 6.18 Å². The highest BCUT2D eigenvalue weighted by molar-refractivity contribution is 7.80. The van der Waals surface area contributed by atoms with Gasteiger partial charge >= 0.3 is 12.1 Å². The standard InChI is InChI=1S/C13H9F3N4O3S/c14-13(15,16)8-2-1-3-9(6-8)18-12(24)19-17-7-10-4-5-11(23-10)20(21)22/h1-7H,(H2,18,19,24)/b17-7-. The first-order chi connectivity index (χ1) is 11.3. The van der Waals surface area contributed by atoms with E-state index in [1.54, 1.807) is 0 Å². The fourth-order valence-electron chi connectivity index (χ4n) is 1.60. The maximum atomic E-state index is 12.6. The molecule has 0 saturated carbocycles. The molecule has 0 spiro atoms. The maximum Gasteiger partial charge on any atom is 0.433 e. The minimum atomic E-state index is -4.46. The molecule has 0 bridgehead atoms. The molecule has 1 aromatic heterocycles. The zero-order chi connectivity index (χ0) is 17.7. The maximum absolute atomic E-state index is 12.6. The van der Waals surface area contributed by atoms with Crippen LogP contribution in [-0.2, 0) is 6.18 Å². The molecule has 1 heterocycles. The molecule has 0 aliphatic heterocycles. The van der Waals surface area contributed by atoms with Gasteiger partial charge in [-0.2, -0.15) is 18.3 Å². The Morgan fingerprint density at radius 1 is 1.33 bits per heavy atom. The fraction of sp³-hybridized carbons (Fsp3) is 0.0769. The van der Waals surface area contributed by atoms with E-state index >= 15 is 0 Å². The summed E-state index contributed by atoms with van der Waals surface area (Å²) in [7, 11) is 0. The van der Waals surface area contributed by atoms with E-state index in [2.05, 4.69) is 15.8 Å². The van der Waals surface area contributed by atoms with E-state index in [-0.39, 0.29) is 16.6 Å². The summed E-state index contributed by atoms with van der Waals surface area (Å²) in [5.41, 5.74) is 1.67. The Morgan fingerprint density at radius 3 is 2.71 bits per heavy atom. The predicted molar refractivity (Wildman–Crippen MR) is 83.8 cm³/mol. The number of benzene rings is 1. The number of nitrogens with one attached hydrogen (secondary N) is 2. The van der Waals surface area contributed by atoms with Crippen molar-refractivity contribution in [2.75, 3.05) is 5.32 Å². The number of furan rings is 1. The molecule has 7 nitrogen and oxygen atoms in total. The van der Waals surface area contributed by atoms with E-state index in [4.69, 9.17) is 16.6 Å². The summed E-state index contributed by atoms with van der Waals surface area (Å²) in [6.45, 7) is 0. The molecule has 2 aromatic rings. The van der Waals surface area contributed by atoms with Crippen molar-refractivity contribution in [1.29, 1.82) is 0 Å². The SMILES string of the molecule is O=[N+]([O-])c1ccc(/C=N\NC(=S)Nc2cccc(C(F)(F)F)c2)o1. The van der Waals surface area contributed by atoms with Crippen molar-refractivity contribution >= 4 is 35.1 Å². The third kappa shape index (κ3) is 4.78. The second-order valence-corrected chi connectivity index (χ2v) is 4.74. The molecule has 0 atom stereocenters. The molecule has 2 rings (SSSR count). The lowest BCUT2D eigenvalue weighted by Crippen LogP contribution is -2.24. The Bertz CT molecular complexity index is 789. The van der Waals surface area contributed by atoms with E-state index < -0.39 is 22.5 Å². The van der Waals surface area contributed by atoms with Crippen LogP contribution in [0.15, 0.2) is 45.9 Å². The van der Waals surface area contributed by atoms with Gasteiger partial charge in [-0.1, -0.05) is 6.07 Å². The van der Waals surface area contributed by atoms with Crippen LogP contribution in [0, 0.1) is 10.1 Å². The normalized spacial score (nSPS) is 11.5. The van der Waals surface area contributed by atoms with E-state index in [0.29, 0.717) is 0 Å². The highest BCUT2D eigenvalue weighted by Gasteiger charge is 2.30. The first-order valence-electron chi connectivity index (χ1n) is 6.27. The average molecular weight is 358 g/mol. The van der Waals surface area contributed by atoms with Crippen molar-refractivity contribution < 1.29 is 22.5 Å². The fourth-order valence-corrected chi connectivity index (χ4v) is 1.77. The van der Waals surface area contributed by atoms with Gasteiger partial charge in [0, 0.05) is 5.69 Å². The molecule has 0 unspecified atom stereocenters. The Labute approximate surface area is 138 Å². The summed E-state index contributed by atoms with van der Waals surface area (Å²) in [5, 5.41) is 16.6. The van der Waals surface area contributed by atoms with Gasteiger partial charge in [0.25, 0.3) is 0 Å². The molecule has 0 aliphatic carbocycles. The number of anilines is 1. The smallest absolute Gasteiger partial charge is 0.400 e. The van der Waals surface area contributed by atoms with Crippen LogP contribution in [0.5, 0.6) is 0 Å². The van der Waals surface area contributed by atoms with Crippen LogP contribution in [0.2, 0.25) is 0 Å². The van der Waals surface area contributed by atoms with Crippen molar-refractivity contribution in [3.63, 3.8) is 0 Å². The summed E-state index contributed by atoms with van der Waals surface area (Å²) in [6.07, 6.45) is -3.33. The molecule has 0 amide bonds. The molecule has 0 fully saturated rings. The van der Waals surface area contributed by atoms with Crippen LogP contribution in [-0.4, -0.2) is 16.3 Å². The lowest BCUT2D eigenvalue weighted by atomic mass is 10.2. The van der Waals surface area contributed by atoms with E-state index in [9.17, 15) is 23.3 Å². The predicted octanol–water partition coefficient (Wildman–Crippen LogP) is 3.53. The topological polar surface area (TPSA) is 92.7 Å². The Kier molecular flexibility index (Phi) is 5.14. The monoisotopic (exact) mass is 358 g/mol. The number of nitrogens with zero attached hydrogens (tertiary/aromatic N) is 2. The van der Waals surface area contributed by atoms with Gasteiger partial charge in [-0.25, -0.2) is 0 Å². The largest absolute Gasteiger partial charge is 0.433 e. The van der Waals surface area contributed by atoms with Gasteiger partial charge in [0.05, 0.1) is 17.8 Å². The second-order valence-electron chi connectivity index (χ2n) is 4.34. The minimum absolute atomic E-state index is 0.0633. The molecule has 2 N–H and O–H groups in total. The Hall–Kier alpha value is -2.95. The van der Waals surface area contributed by atoms with Crippen LogP contribution in [0.1, 0.15) is 11.3 Å². The summed E-state index contributed by atoms with van der Waals surface area (Å²) >= 11 is 4.88. The molecule has 1 aromatic carbocycles. The number of hydrazone groups is 1. The number of alkyl halides is 3. The number of thiocarbonyl (C=S) groups is 1. The van der Waals surface area contributed by atoms with Crippen LogP contribution in [0.3, 0.4) is 0 Å². The van der Waals surface area contributed by atoms with Gasteiger partial charge in [-0.15, -0.1) is 0 Å². The Morgan fingerprint density at radius 2 is 2.08 bits per heavy atom. The van der Waals surface area contributed by atoms with Crippen molar-refractivity contribution in [3.8, 4) is 0 Å². The third-order valence-electron chi connectivity index (χ3n) is 2.60. The van der Waals surface area contributed by atoms with Crippen LogP contribution < -0.4 is 10.7 Å².